The molecule has 0 N–H and O–H groups in total. The number of rotatable bonds is 0. The predicted octanol–water partition coefficient (Wildman–Crippen LogP) is 2.88. The molecule has 0 saturated carbocycles. The molecule has 0 fully saturated rings. The summed E-state index contributed by atoms with van der Waals surface area (Å²) in [6.07, 6.45) is 9.75. The fourth-order valence-electron chi connectivity index (χ4n) is 0. The zero-order valence-corrected chi connectivity index (χ0v) is 4.85. The average molecular weight is 112 g/mol. The summed E-state index contributed by atoms with van der Waals surface area (Å²) in [5, 5.41) is 0. The predicted molar refractivity (Wildman–Crippen MR) is 43.7 cm³/mol. The minimum Gasteiger partial charge on any atom is -0.124 e. The molecule has 0 amide bonds. The van der Waals surface area contributed by atoms with Gasteiger partial charge >= 0.3 is 0 Å². The summed E-state index contributed by atoms with van der Waals surface area (Å²) in [4.78, 5) is 0. The third-order valence-electron chi connectivity index (χ3n) is 0. The highest BCUT2D eigenvalue weighted by Crippen LogP contribution is 1.38. The Kier molecular flexibility index (Phi) is 333000. The smallest absolute Gasteiger partial charge is 0.0473 e. The van der Waals surface area contributed by atoms with Gasteiger partial charge in [0.25, 0.3) is 0 Å². The van der Waals surface area contributed by atoms with Gasteiger partial charge in [0.2, 0.25) is 0 Å². The molecule has 48 valence electrons. The van der Waals surface area contributed by atoms with E-state index in [-0.39, 0.29) is 7.43 Å². The summed E-state index contributed by atoms with van der Waals surface area (Å²) in [5.74, 6) is 0. The molecule has 0 aliphatic rings. The normalized spacial score (nSPS) is 2.38. The largest absolute Gasteiger partial charge is 0.124 e. The summed E-state index contributed by atoms with van der Waals surface area (Å²) in [6, 6.07) is 0. The molecule has 0 nitrogen and oxygen atoms in total. The molecule has 0 aromatic rings. The zero-order valence-electron chi connectivity index (χ0n) is 4.85. The van der Waals surface area contributed by atoms with Gasteiger partial charge in [-0.05, 0) is 6.92 Å². The van der Waals surface area contributed by atoms with Crippen LogP contribution >= 0.6 is 0 Å². The molecule has 0 unspecified atom stereocenters. The Labute approximate surface area is 53.9 Å². The molecule has 0 heterocycles. The van der Waals surface area contributed by atoms with Gasteiger partial charge in [-0.1, -0.05) is 13.5 Å². The van der Waals surface area contributed by atoms with Crippen molar-refractivity contribution in [3.8, 4) is 12.8 Å². The molecular formula is C8H16. The van der Waals surface area contributed by atoms with Gasteiger partial charge in [0.05, 0.1) is 0 Å². The van der Waals surface area contributed by atoms with Gasteiger partial charge in [-0.3, -0.25) is 0 Å². The maximum atomic E-state index is 4.00. The van der Waals surface area contributed by atoms with Crippen LogP contribution < -0.4 is 0 Å². The monoisotopic (exact) mass is 112 g/mol. The number of hydrogen-bond donors (Lipinski definition) is 0. The Morgan fingerprint density at radius 2 is 1.25 bits per heavy atom. The van der Waals surface area contributed by atoms with Gasteiger partial charge in [0.1, 0.15) is 0 Å². The second-order valence-corrected chi connectivity index (χ2v) is 0.408. The maximum absolute atomic E-state index is 4.00. The minimum absolute atomic E-state index is 0. The van der Waals surface area contributed by atoms with Crippen LogP contribution in [0.2, 0.25) is 0 Å². The van der Waals surface area contributed by atoms with Crippen molar-refractivity contribution in [2.24, 2.45) is 0 Å². The van der Waals surface area contributed by atoms with Crippen LogP contribution in [0.3, 0.4) is 0 Å². The van der Waals surface area contributed by atoms with E-state index in [1.165, 1.54) is 0 Å². The van der Waals surface area contributed by atoms with Crippen LogP contribution in [0.4, 0.5) is 0 Å². The SMILES string of the molecule is C.C#C.C=C.C=CC. The molecule has 0 heteroatoms. The van der Waals surface area contributed by atoms with Crippen molar-refractivity contribution in [2.75, 3.05) is 0 Å². The Balaban J connectivity index is -0.0000000147. The van der Waals surface area contributed by atoms with Crippen molar-refractivity contribution in [3.63, 3.8) is 0 Å². The van der Waals surface area contributed by atoms with Crippen molar-refractivity contribution in [2.45, 2.75) is 14.4 Å². The lowest BCUT2D eigenvalue weighted by atomic mass is 10.8. The van der Waals surface area contributed by atoms with Gasteiger partial charge in [0, 0.05) is 0 Å². The second-order valence-electron chi connectivity index (χ2n) is 0.408. The van der Waals surface area contributed by atoms with E-state index < -0.39 is 0 Å². The first-order valence-corrected chi connectivity index (χ1v) is 1.82. The van der Waals surface area contributed by atoms with Crippen molar-refractivity contribution in [1.29, 1.82) is 0 Å². The fraction of sp³-hybridized carbons (Fsp3) is 0.250. The molecule has 0 aromatic heterocycles. The van der Waals surface area contributed by atoms with E-state index in [2.05, 4.69) is 32.6 Å². The first-order chi connectivity index (χ1) is 3.41. The lowest BCUT2D eigenvalue weighted by Crippen LogP contribution is -1.07. The number of terminal acetylenes is 1. The molecule has 0 radical (unpaired) electrons. The van der Waals surface area contributed by atoms with Crippen LogP contribution in [0, 0.1) is 12.8 Å². The molecule has 0 bridgehead atoms. The highest BCUT2D eigenvalue weighted by atomic mass is 13.2. The summed E-state index contributed by atoms with van der Waals surface area (Å²) in [7, 11) is 0. The number of hydrogen-bond acceptors (Lipinski definition) is 0. The summed E-state index contributed by atoms with van der Waals surface area (Å²) in [5.41, 5.74) is 0. The third-order valence-corrected chi connectivity index (χ3v) is 0. The fourth-order valence-corrected chi connectivity index (χ4v) is 0. The Hall–Kier alpha value is -0.960. The van der Waals surface area contributed by atoms with E-state index in [1.807, 2.05) is 6.92 Å². The Morgan fingerprint density at radius 1 is 1.25 bits per heavy atom. The standard InChI is InChI=1S/C3H6.C2H4.C2H2.CH4/c1-3-2;2*1-2;/h3H,1H2,2H3;1-2H2;1-2H;1H4. The van der Waals surface area contributed by atoms with Crippen molar-refractivity contribution >= 4 is 0 Å². The lowest BCUT2D eigenvalue weighted by Gasteiger charge is -1.31. The molecule has 0 aromatic carbocycles. The van der Waals surface area contributed by atoms with Crippen LogP contribution in [0.1, 0.15) is 14.4 Å². The number of allylic oxidation sites excluding steroid dienone is 1. The molecule has 0 atom stereocenters. The lowest BCUT2D eigenvalue weighted by molar-refractivity contribution is 1.80. The molecule has 8 heavy (non-hydrogen) atoms. The third kappa shape index (κ3) is 89.3. The van der Waals surface area contributed by atoms with E-state index in [1.54, 1.807) is 6.08 Å². The van der Waals surface area contributed by atoms with Crippen molar-refractivity contribution in [3.05, 3.63) is 25.8 Å². The first-order valence-electron chi connectivity index (χ1n) is 1.82. The van der Waals surface area contributed by atoms with Gasteiger partial charge in [-0.25, -0.2) is 0 Å². The van der Waals surface area contributed by atoms with E-state index in [0.717, 1.165) is 0 Å². The average Bonchev–Trinajstić information content (AvgIpc) is 1.78. The topological polar surface area (TPSA) is 0 Å². The van der Waals surface area contributed by atoms with Crippen molar-refractivity contribution < 1.29 is 0 Å². The van der Waals surface area contributed by atoms with Crippen LogP contribution in [0.15, 0.2) is 25.8 Å². The van der Waals surface area contributed by atoms with Crippen LogP contribution in [-0.2, 0) is 0 Å². The van der Waals surface area contributed by atoms with Gasteiger partial charge in [0.15, 0.2) is 0 Å². The van der Waals surface area contributed by atoms with Crippen LogP contribution in [0.5, 0.6) is 0 Å². The molecule has 0 aliphatic carbocycles. The second kappa shape index (κ2) is 95900. The molecule has 0 rings (SSSR count). The Morgan fingerprint density at radius 3 is 1.25 bits per heavy atom. The van der Waals surface area contributed by atoms with E-state index in [9.17, 15) is 0 Å². The van der Waals surface area contributed by atoms with E-state index in [4.69, 9.17) is 0 Å². The van der Waals surface area contributed by atoms with E-state index >= 15 is 0 Å². The molecule has 0 spiro atoms. The Bertz CT molecular complexity index is 32.5. The van der Waals surface area contributed by atoms with Crippen LogP contribution in [0.25, 0.3) is 0 Å². The minimum atomic E-state index is 0. The zero-order chi connectivity index (χ0) is 6.71. The van der Waals surface area contributed by atoms with Crippen molar-refractivity contribution in [1.82, 2.24) is 0 Å². The van der Waals surface area contributed by atoms with Gasteiger partial charge in [-0.15, -0.1) is 32.6 Å². The van der Waals surface area contributed by atoms with Crippen LogP contribution in [-0.4, -0.2) is 0 Å². The summed E-state index contributed by atoms with van der Waals surface area (Å²) < 4.78 is 0. The molecular weight excluding hydrogens is 96.1 g/mol. The highest BCUT2D eigenvalue weighted by molar-refractivity contribution is 4.51. The van der Waals surface area contributed by atoms with E-state index in [0.29, 0.717) is 0 Å². The summed E-state index contributed by atoms with van der Waals surface area (Å²) >= 11 is 0. The highest BCUT2D eigenvalue weighted by Gasteiger charge is 1.15. The van der Waals surface area contributed by atoms with Gasteiger partial charge in [-0.2, -0.15) is 0 Å². The molecule has 0 aliphatic heterocycles. The van der Waals surface area contributed by atoms with Gasteiger partial charge < -0.3 is 0 Å². The summed E-state index contributed by atoms with van der Waals surface area (Å²) in [6.45, 7) is 11.2. The maximum Gasteiger partial charge on any atom is -0.0473 e. The quantitative estimate of drug-likeness (QED) is 0.334. The molecule has 0 saturated heterocycles. The first kappa shape index (κ1) is 27.8.